The summed E-state index contributed by atoms with van der Waals surface area (Å²) in [6.45, 7) is 12.3. The van der Waals surface area contributed by atoms with Gasteiger partial charge in [0.2, 0.25) is 5.88 Å². The molecule has 5 aromatic rings. The molecule has 1 saturated carbocycles. The van der Waals surface area contributed by atoms with Gasteiger partial charge in [-0.15, -0.1) is 0 Å². The molecular weight excluding hydrogens is 911 g/mol. The van der Waals surface area contributed by atoms with Gasteiger partial charge in [0.1, 0.15) is 17.9 Å². The van der Waals surface area contributed by atoms with Gasteiger partial charge in [-0.05, 0) is 112 Å². The first-order chi connectivity index (χ1) is 33.9. The van der Waals surface area contributed by atoms with Crippen molar-refractivity contribution in [3.8, 4) is 11.6 Å². The van der Waals surface area contributed by atoms with Crippen molar-refractivity contribution >= 4 is 61.0 Å². The number of nitrogens with zero attached hydrogens (tertiary/aromatic N) is 6. The molecule has 7 aliphatic rings. The molecule has 4 saturated heterocycles. The molecule has 3 aromatic carbocycles. The van der Waals surface area contributed by atoms with E-state index in [2.05, 4.69) is 67.5 Å². The van der Waals surface area contributed by atoms with Crippen LogP contribution in [0.5, 0.6) is 11.6 Å². The molecule has 0 radical (unpaired) electrons. The molecule has 3 N–H and O–H groups in total. The molecule has 2 bridgehead atoms. The van der Waals surface area contributed by atoms with Crippen LogP contribution in [0.4, 0.5) is 28.4 Å². The first-order valence-corrected chi connectivity index (χ1v) is 26.3. The second-order valence-corrected chi connectivity index (χ2v) is 22.2. The summed E-state index contributed by atoms with van der Waals surface area (Å²) in [5, 5.41) is 16.6. The highest BCUT2D eigenvalue weighted by Gasteiger charge is 2.50. The third kappa shape index (κ3) is 8.11. The van der Waals surface area contributed by atoms with Gasteiger partial charge >= 0.3 is 0 Å². The number of H-pyrrole nitrogens is 1. The Hall–Kier alpha value is -6.21. The first-order valence-electron chi connectivity index (χ1n) is 24.8. The first kappa shape index (κ1) is 45.0. The van der Waals surface area contributed by atoms with Crippen LogP contribution >= 0.6 is 0 Å². The zero-order chi connectivity index (χ0) is 47.9. The van der Waals surface area contributed by atoms with Crippen LogP contribution in [0.1, 0.15) is 85.8 Å². The zero-order valence-corrected chi connectivity index (χ0v) is 40.2. The number of aromatic amines is 1. The zero-order valence-electron chi connectivity index (χ0n) is 39.4. The van der Waals surface area contributed by atoms with Gasteiger partial charge < -0.3 is 34.3 Å². The quantitative estimate of drug-likeness (QED) is 0.0860. The molecular formula is C52H59N9O8S. The minimum atomic E-state index is -4.66. The highest BCUT2D eigenvalue weighted by Crippen LogP contribution is 2.54. The van der Waals surface area contributed by atoms with Gasteiger partial charge in [0.25, 0.3) is 21.6 Å². The predicted octanol–water partition coefficient (Wildman–Crippen LogP) is 7.78. The maximum atomic E-state index is 14.6. The van der Waals surface area contributed by atoms with Crippen molar-refractivity contribution in [2.45, 2.75) is 93.5 Å². The fourth-order valence-electron chi connectivity index (χ4n) is 12.6. The Balaban J connectivity index is 0.799. The monoisotopic (exact) mass is 969 g/mol. The van der Waals surface area contributed by atoms with Crippen LogP contribution in [-0.2, 0) is 14.8 Å². The Morgan fingerprint density at radius 3 is 2.60 bits per heavy atom. The van der Waals surface area contributed by atoms with Crippen LogP contribution in [0.25, 0.3) is 16.6 Å². The molecule has 1 aliphatic carbocycles. The number of carbonyl (C=O) groups excluding carboxylic acids is 1. The number of nitrogens with one attached hydrogen (secondary N) is 3. The van der Waals surface area contributed by atoms with Crippen LogP contribution in [0.3, 0.4) is 0 Å². The maximum absolute atomic E-state index is 14.6. The van der Waals surface area contributed by atoms with E-state index >= 15 is 0 Å². The van der Waals surface area contributed by atoms with Crippen molar-refractivity contribution < 1.29 is 32.3 Å². The van der Waals surface area contributed by atoms with Crippen molar-refractivity contribution in [2.24, 2.45) is 5.41 Å². The lowest BCUT2D eigenvalue weighted by atomic mass is 9.59. The topological polar surface area (TPSA) is 188 Å². The molecule has 6 aliphatic heterocycles. The highest BCUT2D eigenvalue weighted by atomic mass is 32.2. The number of aromatic nitrogens is 2. The molecule has 366 valence electrons. The smallest absolute Gasteiger partial charge is 0.297 e. The molecule has 1 spiro atoms. The SMILES string of the molecule is C=C(C)c1ccccc1[C@@H]1CCCN1C1CC2(CCN(c3ccc(C(=O)NS(=O)(=O)c4cc5c(c([N+](=O)[O-])c4)N[C@H](CN4C[C@@H]6C[C@H]4CO6)CO5)c(N4CCCOc5nc6[nH]ccc6cc54)c3)CC2)C1. The number of nitro groups is 1. The van der Waals surface area contributed by atoms with Crippen molar-refractivity contribution in [1.82, 2.24) is 24.5 Å². The van der Waals surface area contributed by atoms with E-state index in [4.69, 9.17) is 19.2 Å². The summed E-state index contributed by atoms with van der Waals surface area (Å²) in [5.41, 5.74) is 6.59. The van der Waals surface area contributed by atoms with E-state index in [1.165, 1.54) is 42.9 Å². The van der Waals surface area contributed by atoms with E-state index in [0.717, 1.165) is 68.2 Å². The van der Waals surface area contributed by atoms with Crippen LogP contribution < -0.4 is 29.3 Å². The van der Waals surface area contributed by atoms with Gasteiger partial charge in [0, 0.05) is 80.3 Å². The normalized spacial score (nSPS) is 24.3. The third-order valence-electron chi connectivity index (χ3n) is 16.2. The summed E-state index contributed by atoms with van der Waals surface area (Å²) in [4.78, 5) is 43.4. The third-order valence-corrected chi connectivity index (χ3v) is 17.5. The molecule has 18 heteroatoms. The van der Waals surface area contributed by atoms with Crippen molar-refractivity contribution in [1.29, 1.82) is 0 Å². The number of pyridine rings is 1. The van der Waals surface area contributed by atoms with Gasteiger partial charge in [0.05, 0.1) is 46.4 Å². The number of sulfonamides is 1. The number of morpholine rings is 1. The fourth-order valence-corrected chi connectivity index (χ4v) is 13.6. The molecule has 8 heterocycles. The van der Waals surface area contributed by atoms with E-state index in [9.17, 15) is 23.3 Å². The lowest BCUT2D eigenvalue weighted by molar-refractivity contribution is -0.384. The molecule has 0 unspecified atom stereocenters. The predicted molar refractivity (Wildman–Crippen MR) is 267 cm³/mol. The summed E-state index contributed by atoms with van der Waals surface area (Å²) in [6, 6.07) is 21.5. The number of amides is 1. The Labute approximate surface area is 407 Å². The number of piperidine rings is 1. The van der Waals surface area contributed by atoms with E-state index < -0.39 is 31.4 Å². The molecule has 70 heavy (non-hydrogen) atoms. The molecule has 4 atom stereocenters. The number of carbonyl (C=O) groups is 1. The Kier molecular flexibility index (Phi) is 11.3. The number of hydrogen-bond donors (Lipinski definition) is 3. The Bertz CT molecular complexity index is 3020. The largest absolute Gasteiger partial charge is 0.489 e. The molecule has 5 fully saturated rings. The van der Waals surface area contributed by atoms with Gasteiger partial charge in [-0.25, -0.2) is 13.1 Å². The maximum Gasteiger partial charge on any atom is 0.297 e. The highest BCUT2D eigenvalue weighted by molar-refractivity contribution is 7.90. The van der Waals surface area contributed by atoms with E-state index in [0.29, 0.717) is 73.8 Å². The van der Waals surface area contributed by atoms with E-state index in [1.807, 2.05) is 35.4 Å². The van der Waals surface area contributed by atoms with Gasteiger partial charge in [-0.3, -0.25) is 24.7 Å². The minimum Gasteiger partial charge on any atom is -0.489 e. The van der Waals surface area contributed by atoms with E-state index in [-0.39, 0.29) is 41.2 Å². The number of rotatable bonds is 11. The number of benzene rings is 3. The van der Waals surface area contributed by atoms with Crippen molar-refractivity contribution in [3.63, 3.8) is 0 Å². The second-order valence-electron chi connectivity index (χ2n) is 20.6. The van der Waals surface area contributed by atoms with Gasteiger partial charge in [-0.2, -0.15) is 4.98 Å². The average molecular weight is 970 g/mol. The van der Waals surface area contributed by atoms with Crippen molar-refractivity contribution in [2.75, 3.05) is 74.2 Å². The molecule has 17 nitrogen and oxygen atoms in total. The molecule has 1 amide bonds. The van der Waals surface area contributed by atoms with Crippen LogP contribution in [-0.4, -0.2) is 122 Å². The summed E-state index contributed by atoms with van der Waals surface area (Å²) in [7, 11) is -4.66. The number of fused-ring (bicyclic) bond motifs is 5. The standard InChI is InChI=1S/C52H59N9O8S/c1-32(2)40-7-3-4-8-41(40)43-9-5-16-59(43)37-26-52(27-37)13-18-57(19-14-52)35-10-11-42(44(23-35)60-17-6-20-67-51-46(60)21-33-12-15-53-49(33)55-51)50(62)56-70(65,66)39-24-45(61(63)64)48-47(25-39)69-30-34(54-48)28-58-29-38-22-36(58)31-68-38/h3-4,7-8,10-12,15,21,23-25,34,36-38,43,54H,1,5-6,9,13-14,16-20,22,26-31H2,2H3,(H,53,55)(H,56,62)/t34-,36+,38+,43+/m1/s1. The second kappa shape index (κ2) is 17.6. The van der Waals surface area contributed by atoms with Crippen LogP contribution in [0.2, 0.25) is 0 Å². The number of ether oxygens (including phenoxy) is 3. The number of likely N-dealkylation sites (tertiary alicyclic amines) is 2. The number of nitro benzene ring substituents is 1. The summed E-state index contributed by atoms with van der Waals surface area (Å²) in [6.07, 6.45) is 10.4. The van der Waals surface area contributed by atoms with Gasteiger partial charge in [-0.1, -0.05) is 36.4 Å². The lowest BCUT2D eigenvalue weighted by Gasteiger charge is -2.56. The molecule has 2 aromatic heterocycles. The fraction of sp³-hybridized carbons (Fsp3) is 0.462. The van der Waals surface area contributed by atoms with Gasteiger partial charge in [0.15, 0.2) is 11.4 Å². The minimum absolute atomic E-state index is 0.0321. The average Bonchev–Trinajstić information content (AvgIpc) is 4.17. The summed E-state index contributed by atoms with van der Waals surface area (Å²) in [5.74, 6) is -0.445. The van der Waals surface area contributed by atoms with Crippen molar-refractivity contribution in [3.05, 3.63) is 106 Å². The van der Waals surface area contributed by atoms with Crippen LogP contribution in [0, 0.1) is 15.5 Å². The number of anilines is 4. The Morgan fingerprint density at radius 2 is 1.81 bits per heavy atom. The summed E-state index contributed by atoms with van der Waals surface area (Å²) < 4.78 is 48.7. The van der Waals surface area contributed by atoms with E-state index in [1.54, 1.807) is 6.07 Å². The van der Waals surface area contributed by atoms with Crippen LogP contribution in [0.15, 0.2) is 84.4 Å². The lowest BCUT2D eigenvalue weighted by Crippen LogP contribution is -2.54. The Morgan fingerprint density at radius 1 is 0.971 bits per heavy atom. The number of allylic oxidation sites excluding steroid dienone is 1. The molecule has 12 rings (SSSR count). The number of hydrogen-bond acceptors (Lipinski definition) is 14. The summed E-state index contributed by atoms with van der Waals surface area (Å²) >= 11 is 0.